The molecule has 7 heteroatoms. The summed E-state index contributed by atoms with van der Waals surface area (Å²) in [7, 11) is 0. The Bertz CT molecular complexity index is 602. The highest BCUT2D eigenvalue weighted by Gasteiger charge is 2.35. The van der Waals surface area contributed by atoms with Gasteiger partial charge in [0.15, 0.2) is 0 Å². The number of nitrogens with zero attached hydrogens (tertiary/aromatic N) is 2. The maximum Gasteiger partial charge on any atom is 0.451 e. The zero-order valence-corrected chi connectivity index (χ0v) is 10.5. The van der Waals surface area contributed by atoms with Crippen LogP contribution in [0, 0.1) is 6.92 Å². The van der Waals surface area contributed by atoms with Crippen LogP contribution < -0.4 is 4.74 Å². The van der Waals surface area contributed by atoms with E-state index in [-0.39, 0.29) is 11.0 Å². The van der Waals surface area contributed by atoms with E-state index in [9.17, 15) is 13.2 Å². The number of aryl methyl sites for hydroxylation is 1. The molecule has 0 N–H and O–H groups in total. The van der Waals surface area contributed by atoms with Crippen LogP contribution >= 0.6 is 11.6 Å². The van der Waals surface area contributed by atoms with Crippen LogP contribution in [-0.2, 0) is 6.18 Å². The Kier molecular flexibility index (Phi) is 3.61. The maximum atomic E-state index is 12.5. The van der Waals surface area contributed by atoms with Crippen molar-refractivity contribution < 1.29 is 17.9 Å². The number of alkyl halides is 3. The second kappa shape index (κ2) is 5.05. The Morgan fingerprint density at radius 2 is 1.89 bits per heavy atom. The highest BCUT2D eigenvalue weighted by atomic mass is 35.5. The molecule has 1 heterocycles. The number of rotatable bonds is 2. The van der Waals surface area contributed by atoms with Crippen molar-refractivity contribution in [3.63, 3.8) is 0 Å². The molecule has 0 unspecified atom stereocenters. The lowest BCUT2D eigenvalue weighted by Gasteiger charge is -2.09. The zero-order chi connectivity index (χ0) is 14.0. The first-order valence-electron chi connectivity index (χ1n) is 5.21. The fourth-order valence-electron chi connectivity index (χ4n) is 1.38. The van der Waals surface area contributed by atoms with E-state index in [4.69, 9.17) is 16.3 Å². The van der Waals surface area contributed by atoms with Crippen LogP contribution in [0.3, 0.4) is 0 Å². The van der Waals surface area contributed by atoms with Crippen LogP contribution in [0.4, 0.5) is 13.2 Å². The second-order valence-corrected chi connectivity index (χ2v) is 4.16. The van der Waals surface area contributed by atoms with Crippen LogP contribution in [0.2, 0.25) is 5.15 Å². The van der Waals surface area contributed by atoms with Gasteiger partial charge in [-0.15, -0.1) is 0 Å². The lowest BCUT2D eigenvalue weighted by atomic mass is 10.2. The second-order valence-electron chi connectivity index (χ2n) is 3.77. The molecule has 0 saturated carbocycles. The van der Waals surface area contributed by atoms with Gasteiger partial charge >= 0.3 is 6.18 Å². The van der Waals surface area contributed by atoms with E-state index in [0.717, 1.165) is 11.6 Å². The van der Waals surface area contributed by atoms with Crippen LogP contribution in [0.1, 0.15) is 11.4 Å². The molecule has 2 aromatic rings. The average Bonchev–Trinajstić information content (AvgIpc) is 2.26. The molecule has 0 saturated heterocycles. The number of ether oxygens (including phenoxy) is 1. The first kappa shape index (κ1) is 13.6. The maximum absolute atomic E-state index is 12.5. The average molecular weight is 289 g/mol. The van der Waals surface area contributed by atoms with Gasteiger partial charge in [0.25, 0.3) is 0 Å². The van der Waals surface area contributed by atoms with Crippen molar-refractivity contribution in [1.82, 2.24) is 9.97 Å². The van der Waals surface area contributed by atoms with Gasteiger partial charge in [-0.2, -0.15) is 18.2 Å². The Labute approximate surface area is 112 Å². The largest absolute Gasteiger partial charge is 0.451 e. The zero-order valence-electron chi connectivity index (χ0n) is 9.70. The summed E-state index contributed by atoms with van der Waals surface area (Å²) in [6.45, 7) is 1.83. The van der Waals surface area contributed by atoms with Crippen LogP contribution in [0.15, 0.2) is 30.3 Å². The topological polar surface area (TPSA) is 35.0 Å². The van der Waals surface area contributed by atoms with Crippen molar-refractivity contribution in [2.24, 2.45) is 0 Å². The SMILES string of the molecule is Cc1cccc(Oc2cc(Cl)nc(C(F)(F)F)n2)c1. The van der Waals surface area contributed by atoms with E-state index in [1.54, 1.807) is 18.2 Å². The molecule has 0 aliphatic heterocycles. The number of hydrogen-bond donors (Lipinski definition) is 0. The lowest BCUT2D eigenvalue weighted by molar-refractivity contribution is -0.145. The predicted octanol–water partition coefficient (Wildman–Crippen LogP) is 4.25. The molecule has 0 spiro atoms. The number of halogens is 4. The van der Waals surface area contributed by atoms with Gasteiger partial charge in [0.2, 0.25) is 11.7 Å². The highest BCUT2D eigenvalue weighted by molar-refractivity contribution is 6.29. The molecular weight excluding hydrogens is 281 g/mol. The predicted molar refractivity (Wildman–Crippen MR) is 63.3 cm³/mol. The minimum absolute atomic E-state index is 0.252. The minimum Gasteiger partial charge on any atom is -0.439 e. The first-order valence-corrected chi connectivity index (χ1v) is 5.59. The molecule has 0 fully saturated rings. The molecular formula is C12H8ClF3N2O. The number of benzene rings is 1. The Hall–Kier alpha value is -1.82. The fourth-order valence-corrected chi connectivity index (χ4v) is 1.55. The number of hydrogen-bond acceptors (Lipinski definition) is 3. The molecule has 1 aromatic carbocycles. The van der Waals surface area contributed by atoms with Gasteiger partial charge in [0, 0.05) is 6.07 Å². The first-order chi connectivity index (χ1) is 8.84. The van der Waals surface area contributed by atoms with E-state index in [2.05, 4.69) is 9.97 Å². The van der Waals surface area contributed by atoms with Crippen molar-refractivity contribution >= 4 is 11.6 Å². The monoisotopic (exact) mass is 288 g/mol. The van der Waals surface area contributed by atoms with Crippen molar-refractivity contribution in [3.8, 4) is 11.6 Å². The van der Waals surface area contributed by atoms with E-state index in [1.165, 1.54) is 0 Å². The Morgan fingerprint density at radius 1 is 1.16 bits per heavy atom. The molecule has 1 aromatic heterocycles. The number of aromatic nitrogens is 2. The summed E-state index contributed by atoms with van der Waals surface area (Å²) in [5, 5.41) is -0.329. The summed E-state index contributed by atoms with van der Waals surface area (Å²) in [5.74, 6) is -1.21. The molecule has 19 heavy (non-hydrogen) atoms. The molecule has 0 atom stereocenters. The summed E-state index contributed by atoms with van der Waals surface area (Å²) in [6.07, 6.45) is -4.67. The molecule has 0 radical (unpaired) electrons. The van der Waals surface area contributed by atoms with Gasteiger partial charge in [0.05, 0.1) is 0 Å². The summed E-state index contributed by atoms with van der Waals surface area (Å²) < 4.78 is 42.8. The van der Waals surface area contributed by atoms with E-state index in [0.29, 0.717) is 5.75 Å². The van der Waals surface area contributed by atoms with Gasteiger partial charge in [-0.05, 0) is 24.6 Å². The van der Waals surface area contributed by atoms with E-state index >= 15 is 0 Å². The summed E-state index contributed by atoms with van der Waals surface area (Å²) in [6, 6.07) is 7.96. The smallest absolute Gasteiger partial charge is 0.439 e. The lowest BCUT2D eigenvalue weighted by Crippen LogP contribution is -2.11. The van der Waals surface area contributed by atoms with Gasteiger partial charge < -0.3 is 4.74 Å². The third-order valence-corrected chi connectivity index (χ3v) is 2.33. The van der Waals surface area contributed by atoms with Gasteiger partial charge in [-0.1, -0.05) is 23.7 Å². The van der Waals surface area contributed by atoms with Crippen molar-refractivity contribution in [2.45, 2.75) is 13.1 Å². The molecule has 100 valence electrons. The van der Waals surface area contributed by atoms with E-state index < -0.39 is 12.0 Å². The van der Waals surface area contributed by atoms with Gasteiger partial charge in [-0.3, -0.25) is 0 Å². The van der Waals surface area contributed by atoms with Crippen LogP contribution in [0.25, 0.3) is 0 Å². The molecule has 0 aliphatic rings. The Morgan fingerprint density at radius 3 is 2.53 bits per heavy atom. The van der Waals surface area contributed by atoms with Gasteiger partial charge in [0.1, 0.15) is 10.9 Å². The fraction of sp³-hybridized carbons (Fsp3) is 0.167. The third-order valence-electron chi connectivity index (χ3n) is 2.14. The minimum atomic E-state index is -4.67. The molecule has 0 aliphatic carbocycles. The molecule has 2 rings (SSSR count). The Balaban J connectivity index is 2.33. The third kappa shape index (κ3) is 3.57. The van der Waals surface area contributed by atoms with Crippen molar-refractivity contribution in [3.05, 3.63) is 46.9 Å². The van der Waals surface area contributed by atoms with E-state index in [1.807, 2.05) is 13.0 Å². The quantitative estimate of drug-likeness (QED) is 0.775. The normalized spacial score (nSPS) is 11.4. The highest BCUT2D eigenvalue weighted by Crippen LogP contribution is 2.30. The van der Waals surface area contributed by atoms with Crippen LogP contribution in [0.5, 0.6) is 11.6 Å². The molecule has 0 bridgehead atoms. The summed E-state index contributed by atoms with van der Waals surface area (Å²) >= 11 is 5.52. The van der Waals surface area contributed by atoms with Crippen molar-refractivity contribution in [1.29, 1.82) is 0 Å². The van der Waals surface area contributed by atoms with Crippen molar-refractivity contribution in [2.75, 3.05) is 0 Å². The van der Waals surface area contributed by atoms with Gasteiger partial charge in [-0.25, -0.2) is 4.98 Å². The van der Waals surface area contributed by atoms with Crippen LogP contribution in [-0.4, -0.2) is 9.97 Å². The molecule has 3 nitrogen and oxygen atoms in total. The summed E-state index contributed by atoms with van der Waals surface area (Å²) in [5.41, 5.74) is 0.911. The summed E-state index contributed by atoms with van der Waals surface area (Å²) in [4.78, 5) is 6.40. The molecule has 0 amide bonds. The standard InChI is InChI=1S/C12H8ClF3N2O/c1-7-3-2-4-8(5-7)19-10-6-9(13)17-11(18-10)12(14,15)16/h2-6H,1H3.